The monoisotopic (exact) mass is 416 g/mol. The molecule has 7 heteroatoms. The van der Waals surface area contributed by atoms with Crippen molar-refractivity contribution in [3.8, 4) is 17.2 Å². The first-order valence-corrected chi connectivity index (χ1v) is 10.3. The van der Waals surface area contributed by atoms with E-state index in [4.69, 9.17) is 9.47 Å². The molecule has 0 saturated carbocycles. The minimum atomic E-state index is -0.120. The van der Waals surface area contributed by atoms with Crippen LogP contribution in [0.4, 0.5) is 0 Å². The molecule has 5 rings (SSSR count). The number of carbonyl (C=O) groups excluding carboxylic acids is 1. The van der Waals surface area contributed by atoms with Gasteiger partial charge in [0.05, 0.1) is 17.8 Å². The van der Waals surface area contributed by atoms with Crippen LogP contribution in [-0.4, -0.2) is 33.1 Å². The van der Waals surface area contributed by atoms with Crippen molar-refractivity contribution in [2.45, 2.75) is 27.3 Å². The van der Waals surface area contributed by atoms with Gasteiger partial charge in [-0.15, -0.1) is 0 Å². The fourth-order valence-electron chi connectivity index (χ4n) is 4.12. The smallest absolute Gasteiger partial charge is 0.253 e. The molecule has 3 aromatic heterocycles. The SMILES string of the molecule is Cc1cccn2cc(CNC(=O)c3cc(C)n(-c4ccc5c(c4)OCCO5)c3C)nc12. The van der Waals surface area contributed by atoms with Crippen LogP contribution in [0, 0.1) is 20.8 Å². The second-order valence-electron chi connectivity index (χ2n) is 7.79. The van der Waals surface area contributed by atoms with Crippen LogP contribution in [0.15, 0.2) is 48.8 Å². The highest BCUT2D eigenvalue weighted by atomic mass is 16.6. The maximum atomic E-state index is 12.9. The molecular formula is C24H24N4O3. The molecule has 31 heavy (non-hydrogen) atoms. The first-order chi connectivity index (χ1) is 15.0. The molecule has 0 bridgehead atoms. The van der Waals surface area contributed by atoms with Gasteiger partial charge in [-0.25, -0.2) is 4.98 Å². The van der Waals surface area contributed by atoms with Gasteiger partial charge in [-0.05, 0) is 50.6 Å². The summed E-state index contributed by atoms with van der Waals surface area (Å²) in [5.41, 5.74) is 6.26. The summed E-state index contributed by atoms with van der Waals surface area (Å²) in [6, 6.07) is 11.8. The van der Waals surface area contributed by atoms with Gasteiger partial charge in [0.2, 0.25) is 0 Å². The third-order valence-corrected chi connectivity index (χ3v) is 5.62. The van der Waals surface area contributed by atoms with Crippen LogP contribution in [0.25, 0.3) is 11.3 Å². The maximum Gasteiger partial charge on any atom is 0.253 e. The number of fused-ring (bicyclic) bond motifs is 2. The van der Waals surface area contributed by atoms with E-state index in [2.05, 4.69) is 14.9 Å². The number of carbonyl (C=O) groups is 1. The van der Waals surface area contributed by atoms with E-state index in [1.807, 2.05) is 74.0 Å². The lowest BCUT2D eigenvalue weighted by Gasteiger charge is -2.20. The lowest BCUT2D eigenvalue weighted by Crippen LogP contribution is -2.23. The number of nitrogens with one attached hydrogen (secondary N) is 1. The Bertz CT molecular complexity index is 1300. The first-order valence-electron chi connectivity index (χ1n) is 10.3. The standard InChI is InChI=1S/C24H24N4O3/c1-15-5-4-8-27-14-18(26-23(15)27)13-25-24(29)20-11-16(2)28(17(20)3)19-6-7-21-22(12-19)31-10-9-30-21/h4-8,11-12,14H,9-10,13H2,1-3H3,(H,25,29). The van der Waals surface area contributed by atoms with Crippen molar-refractivity contribution in [1.82, 2.24) is 19.3 Å². The van der Waals surface area contributed by atoms with Gasteiger partial charge in [0.1, 0.15) is 18.9 Å². The highest BCUT2D eigenvalue weighted by molar-refractivity contribution is 5.95. The van der Waals surface area contributed by atoms with Crippen LogP contribution in [-0.2, 0) is 6.54 Å². The second kappa shape index (κ2) is 7.50. The molecule has 0 spiro atoms. The molecule has 1 aromatic carbocycles. The summed E-state index contributed by atoms with van der Waals surface area (Å²) in [4.78, 5) is 17.6. The predicted octanol–water partition coefficient (Wildman–Crippen LogP) is 3.75. The topological polar surface area (TPSA) is 69.8 Å². The van der Waals surface area contributed by atoms with Crippen LogP contribution < -0.4 is 14.8 Å². The molecule has 0 aliphatic carbocycles. The Kier molecular flexibility index (Phi) is 4.66. The van der Waals surface area contributed by atoms with E-state index in [0.29, 0.717) is 25.3 Å². The Labute approximate surface area is 180 Å². The zero-order valence-electron chi connectivity index (χ0n) is 17.8. The minimum Gasteiger partial charge on any atom is -0.486 e. The molecule has 0 atom stereocenters. The Morgan fingerprint density at radius 2 is 1.90 bits per heavy atom. The van der Waals surface area contributed by atoms with Crippen molar-refractivity contribution in [2.75, 3.05) is 13.2 Å². The van der Waals surface area contributed by atoms with Gasteiger partial charge in [0.25, 0.3) is 5.91 Å². The van der Waals surface area contributed by atoms with E-state index in [9.17, 15) is 4.79 Å². The summed E-state index contributed by atoms with van der Waals surface area (Å²) in [5.74, 6) is 1.35. The largest absolute Gasteiger partial charge is 0.486 e. The quantitative estimate of drug-likeness (QED) is 0.550. The number of aryl methyl sites for hydroxylation is 2. The van der Waals surface area contributed by atoms with E-state index < -0.39 is 0 Å². The molecule has 0 radical (unpaired) electrons. The Morgan fingerprint density at radius 3 is 2.71 bits per heavy atom. The molecule has 1 N–H and O–H groups in total. The number of amides is 1. The summed E-state index contributed by atoms with van der Waals surface area (Å²) < 4.78 is 15.4. The van der Waals surface area contributed by atoms with Gasteiger partial charge in [0, 0.05) is 35.5 Å². The number of aromatic nitrogens is 3. The number of imidazole rings is 1. The Morgan fingerprint density at radius 1 is 1.10 bits per heavy atom. The zero-order valence-corrected chi connectivity index (χ0v) is 17.8. The molecule has 7 nitrogen and oxygen atoms in total. The minimum absolute atomic E-state index is 0.120. The number of ether oxygens (including phenoxy) is 2. The summed E-state index contributed by atoms with van der Waals surface area (Å²) >= 11 is 0. The molecule has 1 amide bonds. The highest BCUT2D eigenvalue weighted by Gasteiger charge is 2.19. The zero-order chi connectivity index (χ0) is 21.5. The Hall–Kier alpha value is -3.74. The van der Waals surface area contributed by atoms with Crippen molar-refractivity contribution >= 4 is 11.6 Å². The first kappa shape index (κ1) is 19.2. The van der Waals surface area contributed by atoms with Gasteiger partial charge >= 0.3 is 0 Å². The molecular weight excluding hydrogens is 392 g/mol. The van der Waals surface area contributed by atoms with Crippen molar-refractivity contribution in [1.29, 1.82) is 0 Å². The number of pyridine rings is 1. The summed E-state index contributed by atoms with van der Waals surface area (Å²) in [6.07, 6.45) is 3.91. The lowest BCUT2D eigenvalue weighted by atomic mass is 10.2. The normalized spacial score (nSPS) is 12.9. The number of hydrogen-bond donors (Lipinski definition) is 1. The fraction of sp³-hybridized carbons (Fsp3) is 0.250. The Balaban J connectivity index is 1.38. The third-order valence-electron chi connectivity index (χ3n) is 5.62. The molecule has 1 aliphatic heterocycles. The highest BCUT2D eigenvalue weighted by Crippen LogP contribution is 2.33. The van der Waals surface area contributed by atoms with Crippen LogP contribution in [0.5, 0.6) is 11.5 Å². The van der Waals surface area contributed by atoms with Gasteiger partial charge in [0.15, 0.2) is 11.5 Å². The van der Waals surface area contributed by atoms with E-state index in [1.165, 1.54) is 0 Å². The van der Waals surface area contributed by atoms with Crippen molar-refractivity contribution in [3.63, 3.8) is 0 Å². The van der Waals surface area contributed by atoms with Crippen molar-refractivity contribution < 1.29 is 14.3 Å². The predicted molar refractivity (Wildman–Crippen MR) is 117 cm³/mol. The number of benzene rings is 1. The van der Waals surface area contributed by atoms with E-state index >= 15 is 0 Å². The lowest BCUT2D eigenvalue weighted by molar-refractivity contribution is 0.0950. The number of hydrogen-bond acceptors (Lipinski definition) is 4. The van der Waals surface area contributed by atoms with Crippen LogP contribution in [0.2, 0.25) is 0 Å². The van der Waals surface area contributed by atoms with Gasteiger partial charge in [-0.2, -0.15) is 0 Å². The average molecular weight is 416 g/mol. The fourth-order valence-corrected chi connectivity index (χ4v) is 4.12. The van der Waals surface area contributed by atoms with Gasteiger partial charge in [-0.3, -0.25) is 4.79 Å². The molecule has 0 unspecified atom stereocenters. The molecule has 4 aromatic rings. The van der Waals surface area contributed by atoms with E-state index in [0.717, 1.165) is 45.5 Å². The van der Waals surface area contributed by atoms with Gasteiger partial charge < -0.3 is 23.8 Å². The van der Waals surface area contributed by atoms with Crippen LogP contribution in [0.1, 0.15) is 33.0 Å². The molecule has 1 aliphatic rings. The summed E-state index contributed by atoms with van der Waals surface area (Å²) in [6.45, 7) is 7.43. The molecule has 4 heterocycles. The van der Waals surface area contributed by atoms with E-state index in [1.54, 1.807) is 0 Å². The molecule has 0 fully saturated rings. The average Bonchev–Trinajstić information content (AvgIpc) is 3.33. The van der Waals surface area contributed by atoms with E-state index in [-0.39, 0.29) is 5.91 Å². The molecule has 158 valence electrons. The molecule has 0 saturated heterocycles. The van der Waals surface area contributed by atoms with Crippen LogP contribution >= 0.6 is 0 Å². The van der Waals surface area contributed by atoms with Crippen LogP contribution in [0.3, 0.4) is 0 Å². The summed E-state index contributed by atoms with van der Waals surface area (Å²) in [7, 11) is 0. The maximum absolute atomic E-state index is 12.9. The van der Waals surface area contributed by atoms with Gasteiger partial charge in [-0.1, -0.05) is 6.07 Å². The van der Waals surface area contributed by atoms with Crippen molar-refractivity contribution in [3.05, 3.63) is 77.0 Å². The van der Waals surface area contributed by atoms with Crippen molar-refractivity contribution in [2.24, 2.45) is 0 Å². The third kappa shape index (κ3) is 3.42. The summed E-state index contributed by atoms with van der Waals surface area (Å²) in [5, 5.41) is 3.01. The second-order valence-corrected chi connectivity index (χ2v) is 7.79. The number of rotatable bonds is 4. The number of nitrogens with zero attached hydrogens (tertiary/aromatic N) is 3.